The Bertz CT molecular complexity index is 677. The highest BCUT2D eigenvalue weighted by Crippen LogP contribution is 2.41. The molecule has 2 aliphatic carbocycles. The lowest BCUT2D eigenvalue weighted by Gasteiger charge is -2.34. The van der Waals surface area contributed by atoms with Crippen LogP contribution in [0.1, 0.15) is 63.5 Å². The van der Waals surface area contributed by atoms with Crippen molar-refractivity contribution in [2.24, 2.45) is 11.8 Å². The molecule has 1 aromatic rings. The summed E-state index contributed by atoms with van der Waals surface area (Å²) in [4.78, 5) is 31.5. The molecule has 1 N–H and O–H groups in total. The van der Waals surface area contributed by atoms with Crippen LogP contribution in [-0.2, 0) is 22.6 Å². The van der Waals surface area contributed by atoms with Crippen LogP contribution in [0.15, 0.2) is 6.20 Å². The average Bonchev–Trinajstić information content (AvgIpc) is 2.97. The van der Waals surface area contributed by atoms with Crippen LogP contribution >= 0.6 is 0 Å². The molecule has 3 aliphatic rings. The van der Waals surface area contributed by atoms with Crippen molar-refractivity contribution in [2.75, 3.05) is 6.54 Å². The van der Waals surface area contributed by atoms with E-state index in [4.69, 9.17) is 0 Å². The van der Waals surface area contributed by atoms with E-state index in [0.717, 1.165) is 43.9 Å². The summed E-state index contributed by atoms with van der Waals surface area (Å²) in [6.07, 6.45) is 7.95. The topological polar surface area (TPSA) is 67.2 Å². The Kier molecular flexibility index (Phi) is 4.29. The summed E-state index contributed by atoms with van der Waals surface area (Å²) in [7, 11) is 0. The molecule has 6 nitrogen and oxygen atoms in total. The summed E-state index contributed by atoms with van der Waals surface area (Å²) in [5.74, 6) is 1.98. The summed E-state index contributed by atoms with van der Waals surface area (Å²) in [5.41, 5.74) is 0.812. The van der Waals surface area contributed by atoms with Gasteiger partial charge >= 0.3 is 0 Å². The van der Waals surface area contributed by atoms with E-state index in [9.17, 15) is 9.59 Å². The Morgan fingerprint density at radius 3 is 2.64 bits per heavy atom. The minimum Gasteiger partial charge on any atom is -0.353 e. The molecule has 0 unspecified atom stereocenters. The molecule has 2 heterocycles. The number of fused-ring (bicyclic) bond motifs is 1. The van der Waals surface area contributed by atoms with E-state index >= 15 is 0 Å². The van der Waals surface area contributed by atoms with Crippen LogP contribution in [-0.4, -0.2) is 38.9 Å². The zero-order valence-electron chi connectivity index (χ0n) is 15.2. The molecule has 1 aromatic heterocycles. The van der Waals surface area contributed by atoms with Crippen molar-refractivity contribution in [1.82, 2.24) is 19.8 Å². The van der Waals surface area contributed by atoms with Crippen molar-refractivity contribution < 1.29 is 9.59 Å². The quantitative estimate of drug-likeness (QED) is 0.909. The summed E-state index contributed by atoms with van der Waals surface area (Å²) < 4.78 is 2.11. The smallest absolute Gasteiger partial charge is 0.226 e. The summed E-state index contributed by atoms with van der Waals surface area (Å²) in [5, 5.41) is 3.12. The van der Waals surface area contributed by atoms with Crippen molar-refractivity contribution >= 4 is 11.8 Å². The van der Waals surface area contributed by atoms with Crippen LogP contribution in [0.4, 0.5) is 0 Å². The van der Waals surface area contributed by atoms with Gasteiger partial charge < -0.3 is 14.8 Å². The molecule has 0 saturated heterocycles. The van der Waals surface area contributed by atoms with E-state index in [-0.39, 0.29) is 23.8 Å². The number of amides is 2. The number of aromatic nitrogens is 2. The summed E-state index contributed by atoms with van der Waals surface area (Å²) in [6, 6.07) is 0.331. The molecule has 136 valence electrons. The second-order valence-corrected chi connectivity index (χ2v) is 8.04. The Morgan fingerprint density at radius 2 is 1.96 bits per heavy atom. The van der Waals surface area contributed by atoms with E-state index in [1.165, 1.54) is 12.8 Å². The minimum absolute atomic E-state index is 0.0132. The van der Waals surface area contributed by atoms with Crippen LogP contribution in [0.5, 0.6) is 0 Å². The third-order valence-corrected chi connectivity index (χ3v) is 6.05. The number of rotatable bonds is 4. The van der Waals surface area contributed by atoms with Gasteiger partial charge in [-0.1, -0.05) is 19.8 Å². The zero-order chi connectivity index (χ0) is 17.6. The molecule has 2 amide bonds. The minimum atomic E-state index is -0.0132. The first-order valence-electron chi connectivity index (χ1n) is 9.68. The number of hydrogen-bond acceptors (Lipinski definition) is 3. The van der Waals surface area contributed by atoms with Gasteiger partial charge in [-0.2, -0.15) is 0 Å². The molecule has 25 heavy (non-hydrogen) atoms. The Hall–Kier alpha value is -1.85. The lowest BCUT2D eigenvalue weighted by atomic mass is 10.1. The number of nitrogens with one attached hydrogen (secondary N) is 1. The molecule has 2 fully saturated rings. The van der Waals surface area contributed by atoms with Gasteiger partial charge in [0.2, 0.25) is 11.8 Å². The largest absolute Gasteiger partial charge is 0.353 e. The van der Waals surface area contributed by atoms with Gasteiger partial charge in [-0.25, -0.2) is 4.98 Å². The molecular formula is C19H28N4O2. The molecule has 3 atom stereocenters. The second-order valence-electron chi connectivity index (χ2n) is 8.04. The lowest BCUT2D eigenvalue weighted by molar-refractivity contribution is -0.136. The van der Waals surface area contributed by atoms with Gasteiger partial charge in [0.25, 0.3) is 0 Å². The molecule has 2 saturated carbocycles. The third kappa shape index (κ3) is 3.31. The fourth-order valence-electron chi connectivity index (χ4n) is 4.33. The van der Waals surface area contributed by atoms with E-state index in [0.29, 0.717) is 18.4 Å². The van der Waals surface area contributed by atoms with Crippen molar-refractivity contribution in [3.8, 4) is 0 Å². The molecule has 4 rings (SSSR count). The maximum absolute atomic E-state index is 12.6. The fourth-order valence-corrected chi connectivity index (χ4v) is 4.33. The molecule has 0 aromatic carbocycles. The Labute approximate surface area is 149 Å². The fraction of sp³-hybridized carbons (Fsp3) is 0.737. The van der Waals surface area contributed by atoms with Gasteiger partial charge in [-0.05, 0) is 32.1 Å². The van der Waals surface area contributed by atoms with Gasteiger partial charge in [0, 0.05) is 31.2 Å². The molecule has 0 bridgehead atoms. The third-order valence-electron chi connectivity index (χ3n) is 6.05. The number of hydrogen-bond donors (Lipinski definition) is 1. The number of nitrogens with zero attached hydrogens (tertiary/aromatic N) is 3. The molecule has 0 spiro atoms. The highest BCUT2D eigenvalue weighted by molar-refractivity contribution is 5.82. The van der Waals surface area contributed by atoms with Crippen LogP contribution in [0.3, 0.4) is 0 Å². The number of imidazole rings is 1. The van der Waals surface area contributed by atoms with E-state index in [1.807, 2.05) is 18.0 Å². The van der Waals surface area contributed by atoms with Crippen molar-refractivity contribution in [3.05, 3.63) is 17.7 Å². The second kappa shape index (κ2) is 6.46. The van der Waals surface area contributed by atoms with E-state index < -0.39 is 0 Å². The Morgan fingerprint density at radius 1 is 1.24 bits per heavy atom. The average molecular weight is 344 g/mol. The van der Waals surface area contributed by atoms with Crippen LogP contribution in [0, 0.1) is 11.8 Å². The highest BCUT2D eigenvalue weighted by atomic mass is 16.2. The van der Waals surface area contributed by atoms with E-state index in [2.05, 4.69) is 21.8 Å². The van der Waals surface area contributed by atoms with Crippen LogP contribution in [0.25, 0.3) is 0 Å². The lowest BCUT2D eigenvalue weighted by Crippen LogP contribution is -2.42. The van der Waals surface area contributed by atoms with Gasteiger partial charge in [0.1, 0.15) is 5.82 Å². The normalized spacial score (nSPS) is 28.7. The molecule has 0 radical (unpaired) electrons. The molecule has 1 aliphatic heterocycles. The predicted molar refractivity (Wildman–Crippen MR) is 93.7 cm³/mol. The van der Waals surface area contributed by atoms with Gasteiger partial charge in [0.05, 0.1) is 18.2 Å². The summed E-state index contributed by atoms with van der Waals surface area (Å²) >= 11 is 0. The van der Waals surface area contributed by atoms with Crippen molar-refractivity contribution in [1.29, 1.82) is 0 Å². The monoisotopic (exact) mass is 344 g/mol. The van der Waals surface area contributed by atoms with Gasteiger partial charge in [-0.3, -0.25) is 9.59 Å². The first kappa shape index (κ1) is 16.6. The van der Waals surface area contributed by atoms with E-state index in [1.54, 1.807) is 0 Å². The standard InChI is InChI=1S/C19H28N4O2/c1-12-9-16(12)19(25)23-8-7-22-11-15(21-18(22)13(23)2)10-17(24)20-14-5-3-4-6-14/h11-14,16H,3-10H2,1-2H3,(H,20,24)/t12-,13-,16+/m1/s1. The zero-order valence-corrected chi connectivity index (χ0v) is 15.2. The first-order valence-corrected chi connectivity index (χ1v) is 9.68. The van der Waals surface area contributed by atoms with Gasteiger partial charge in [0.15, 0.2) is 0 Å². The number of carbonyl (C=O) groups is 2. The maximum atomic E-state index is 12.6. The summed E-state index contributed by atoms with van der Waals surface area (Å²) in [6.45, 7) is 5.69. The first-order chi connectivity index (χ1) is 12.0. The predicted octanol–water partition coefficient (Wildman–Crippen LogP) is 2.04. The highest BCUT2D eigenvalue weighted by Gasteiger charge is 2.44. The Balaban J connectivity index is 1.41. The molecule has 6 heteroatoms. The maximum Gasteiger partial charge on any atom is 0.226 e. The van der Waals surface area contributed by atoms with Crippen molar-refractivity contribution in [2.45, 2.75) is 71.0 Å². The van der Waals surface area contributed by atoms with Crippen molar-refractivity contribution in [3.63, 3.8) is 0 Å². The number of carbonyl (C=O) groups excluding carboxylic acids is 2. The SMILES string of the molecule is C[C@@H]1C[C@@H]1C(=O)N1CCn2cc(CC(=O)NC3CCCC3)nc2[C@H]1C. The van der Waals surface area contributed by atoms with Gasteiger partial charge in [-0.15, -0.1) is 0 Å². The van der Waals surface area contributed by atoms with Crippen LogP contribution in [0.2, 0.25) is 0 Å². The van der Waals surface area contributed by atoms with Crippen LogP contribution < -0.4 is 5.32 Å². The molecular weight excluding hydrogens is 316 g/mol.